The maximum Gasteiger partial charge on any atom is 0.416 e. The molecule has 0 unspecified atom stereocenters. The van der Waals surface area contributed by atoms with E-state index in [1.165, 1.54) is 102 Å². The standard InChI is InChI=1S/2C11H10.C9H12O.C8H7F3.C8H10O.3C8H10.CH4/c1-9-5-4-7-10-6-2-3-8-11(9)10;1-9-6-7-10-4-2-3-5-11(10)8-9;1-7-4-8(2)6-9(5-7)10-3;1-6-4-2-3-5-7(6)8(9,10)11;1-7-5-3-4-6-8(7)9-2;2*1-7-3-5-8(2)6-4-7;1-7-4-3-5-8(2)6-7;/h2*2-8H,1H3;4-6H,1-3H3;2-5H,1H3;3-6H,1-2H3;3*3-6H,1-2H3;1H4. The van der Waals surface area contributed by atoms with Gasteiger partial charge >= 0.3 is 6.18 Å². The van der Waals surface area contributed by atoms with E-state index in [1.807, 2.05) is 43.3 Å². The van der Waals surface area contributed by atoms with Gasteiger partial charge in [-0.15, -0.1) is 0 Å². The van der Waals surface area contributed by atoms with Crippen LogP contribution >= 0.6 is 0 Å². The Morgan fingerprint density at radius 2 is 0.662 bits per heavy atom. The molecule has 0 atom stereocenters. The van der Waals surface area contributed by atoms with Crippen molar-refractivity contribution in [2.45, 2.75) is 96.7 Å². The molecule has 0 aliphatic heterocycles. The van der Waals surface area contributed by atoms with E-state index in [1.54, 1.807) is 20.3 Å². The van der Waals surface area contributed by atoms with Crippen LogP contribution in [0.4, 0.5) is 13.2 Å². The molecular formula is C72H83F3O2. The molecule has 0 aliphatic carbocycles. The second-order valence-corrected chi connectivity index (χ2v) is 18.9. The predicted molar refractivity (Wildman–Crippen MR) is 328 cm³/mol. The minimum Gasteiger partial charge on any atom is -0.497 e. The molecule has 0 fully saturated rings. The highest BCUT2D eigenvalue weighted by Crippen LogP contribution is 2.31. The van der Waals surface area contributed by atoms with E-state index in [4.69, 9.17) is 9.47 Å². The summed E-state index contributed by atoms with van der Waals surface area (Å²) >= 11 is 0. The molecule has 0 N–H and O–H groups in total. The van der Waals surface area contributed by atoms with Gasteiger partial charge in [-0.2, -0.15) is 13.2 Å². The van der Waals surface area contributed by atoms with Crippen LogP contribution in [0.3, 0.4) is 0 Å². The van der Waals surface area contributed by atoms with Crippen molar-refractivity contribution < 1.29 is 22.6 Å². The van der Waals surface area contributed by atoms with Gasteiger partial charge in [-0.25, -0.2) is 0 Å². The molecule has 0 aliphatic rings. The van der Waals surface area contributed by atoms with Crippen molar-refractivity contribution in [1.29, 1.82) is 0 Å². The van der Waals surface area contributed by atoms with Crippen molar-refractivity contribution in [1.82, 2.24) is 0 Å². The van der Waals surface area contributed by atoms with Gasteiger partial charge in [0.2, 0.25) is 0 Å². The third-order valence-electron chi connectivity index (χ3n) is 11.7. The van der Waals surface area contributed by atoms with Gasteiger partial charge in [0.05, 0.1) is 19.8 Å². The summed E-state index contributed by atoms with van der Waals surface area (Å²) in [6.07, 6.45) is -4.22. The van der Waals surface area contributed by atoms with Gasteiger partial charge in [-0.1, -0.05) is 247 Å². The number of halogens is 3. The lowest BCUT2D eigenvalue weighted by Gasteiger charge is -2.08. The van der Waals surface area contributed by atoms with E-state index >= 15 is 0 Å². The Morgan fingerprint density at radius 3 is 1.08 bits per heavy atom. The zero-order valence-electron chi connectivity index (χ0n) is 47.3. The van der Waals surface area contributed by atoms with Crippen molar-refractivity contribution >= 4 is 21.5 Å². The minimum atomic E-state index is -4.22. The van der Waals surface area contributed by atoms with Gasteiger partial charge in [0.1, 0.15) is 11.5 Å². The van der Waals surface area contributed by atoms with Gasteiger partial charge in [0.15, 0.2) is 0 Å². The molecule has 10 aromatic carbocycles. The molecule has 0 saturated heterocycles. The molecule has 0 spiro atoms. The van der Waals surface area contributed by atoms with Crippen molar-refractivity contribution in [3.05, 3.63) is 297 Å². The van der Waals surface area contributed by atoms with E-state index in [9.17, 15) is 13.2 Å². The largest absolute Gasteiger partial charge is 0.497 e. The first-order valence-electron chi connectivity index (χ1n) is 25.5. The van der Waals surface area contributed by atoms with Crippen molar-refractivity contribution in [3.8, 4) is 11.5 Å². The van der Waals surface area contributed by atoms with Crippen LogP contribution < -0.4 is 9.47 Å². The smallest absolute Gasteiger partial charge is 0.416 e. The number of rotatable bonds is 2. The Hall–Kier alpha value is -7.89. The normalized spacial score (nSPS) is 9.78. The molecule has 0 radical (unpaired) electrons. The zero-order chi connectivity index (χ0) is 56.0. The Labute approximate surface area is 461 Å². The summed E-state index contributed by atoms with van der Waals surface area (Å²) in [6.45, 7) is 24.5. The second-order valence-electron chi connectivity index (χ2n) is 18.9. The highest BCUT2D eigenvalue weighted by atomic mass is 19.4. The van der Waals surface area contributed by atoms with Crippen LogP contribution in [0.15, 0.2) is 224 Å². The fourth-order valence-electron chi connectivity index (χ4n) is 7.50. The van der Waals surface area contributed by atoms with Gasteiger partial charge < -0.3 is 9.47 Å². The predicted octanol–water partition coefficient (Wildman–Crippen LogP) is 21.2. The number of benzene rings is 10. The molecule has 0 saturated carbocycles. The lowest BCUT2D eigenvalue weighted by atomic mass is 10.1. The summed E-state index contributed by atoms with van der Waals surface area (Å²) in [5.41, 5.74) is 14.0. The molecule has 0 bridgehead atoms. The van der Waals surface area contributed by atoms with Crippen molar-refractivity contribution in [2.75, 3.05) is 14.2 Å². The molecule has 10 aromatic rings. The minimum absolute atomic E-state index is 0. The highest BCUT2D eigenvalue weighted by molar-refractivity contribution is 5.85. The lowest BCUT2D eigenvalue weighted by Crippen LogP contribution is -2.06. The lowest BCUT2D eigenvalue weighted by molar-refractivity contribution is -0.138. The molecule has 10 rings (SSSR count). The summed E-state index contributed by atoms with van der Waals surface area (Å²) in [7, 11) is 3.37. The van der Waals surface area contributed by atoms with Crippen LogP contribution in [0.2, 0.25) is 0 Å². The van der Waals surface area contributed by atoms with Crippen LogP contribution in [-0.2, 0) is 6.18 Å². The number of para-hydroxylation sites is 1. The third kappa shape index (κ3) is 25.9. The first-order chi connectivity index (χ1) is 36.2. The number of hydrogen-bond acceptors (Lipinski definition) is 2. The second kappa shape index (κ2) is 34.6. The maximum atomic E-state index is 12.0. The summed E-state index contributed by atoms with van der Waals surface area (Å²) < 4.78 is 46.3. The number of alkyl halides is 3. The SMILES string of the molecule is C.COc1cc(C)cc(C)c1.COc1ccccc1C.Cc1ccc(C)cc1.Cc1ccc(C)cc1.Cc1ccc2ccccc2c1.Cc1cccc(C)c1.Cc1cccc2ccccc12.Cc1ccccc1C(F)(F)F. The number of hydrogen-bond donors (Lipinski definition) is 0. The highest BCUT2D eigenvalue weighted by Gasteiger charge is 2.31. The molecular weight excluding hydrogens is 954 g/mol. The first-order valence-corrected chi connectivity index (χ1v) is 25.5. The maximum absolute atomic E-state index is 12.0. The van der Waals surface area contributed by atoms with Crippen LogP contribution in [0.1, 0.15) is 79.8 Å². The van der Waals surface area contributed by atoms with E-state index in [0.29, 0.717) is 0 Å². The van der Waals surface area contributed by atoms with Gasteiger partial charge in [-0.05, 0) is 157 Å². The molecule has 2 nitrogen and oxygen atoms in total. The monoisotopic (exact) mass is 1040 g/mol. The fraction of sp³-hybridized carbons (Fsp3) is 0.222. The summed E-state index contributed by atoms with van der Waals surface area (Å²) in [4.78, 5) is 0. The van der Waals surface area contributed by atoms with E-state index in [-0.39, 0.29) is 13.0 Å². The van der Waals surface area contributed by atoms with E-state index < -0.39 is 11.7 Å². The van der Waals surface area contributed by atoms with Crippen molar-refractivity contribution in [2.24, 2.45) is 0 Å². The Balaban J connectivity index is 0.000000302. The van der Waals surface area contributed by atoms with Crippen molar-refractivity contribution in [3.63, 3.8) is 0 Å². The third-order valence-corrected chi connectivity index (χ3v) is 11.7. The molecule has 77 heavy (non-hydrogen) atoms. The quantitative estimate of drug-likeness (QED) is 0.172. The van der Waals surface area contributed by atoms with Gasteiger partial charge in [0, 0.05) is 0 Å². The Bertz CT molecular complexity index is 3090. The molecule has 0 amide bonds. The van der Waals surface area contributed by atoms with E-state index in [0.717, 1.165) is 17.6 Å². The topological polar surface area (TPSA) is 18.5 Å². The summed E-state index contributed by atoms with van der Waals surface area (Å²) in [6, 6.07) is 74.8. The Kier molecular flexibility index (Phi) is 29.3. The first kappa shape index (κ1) is 65.2. The Morgan fingerprint density at radius 1 is 0.286 bits per heavy atom. The summed E-state index contributed by atoms with van der Waals surface area (Å²) in [5.74, 6) is 1.90. The van der Waals surface area contributed by atoms with E-state index in [2.05, 4.69) is 233 Å². The van der Waals surface area contributed by atoms with Crippen LogP contribution in [-0.4, -0.2) is 14.2 Å². The molecule has 404 valence electrons. The zero-order valence-corrected chi connectivity index (χ0v) is 47.3. The number of fused-ring (bicyclic) bond motifs is 2. The average molecular weight is 1040 g/mol. The average Bonchev–Trinajstić information content (AvgIpc) is 3.39. The number of methoxy groups -OCH3 is 2. The molecule has 0 aromatic heterocycles. The van der Waals surface area contributed by atoms with Crippen LogP contribution in [0, 0.1) is 83.1 Å². The van der Waals surface area contributed by atoms with Crippen LogP contribution in [0.25, 0.3) is 21.5 Å². The van der Waals surface area contributed by atoms with Crippen LogP contribution in [0.5, 0.6) is 11.5 Å². The summed E-state index contributed by atoms with van der Waals surface area (Å²) in [5, 5.41) is 5.33. The fourth-order valence-corrected chi connectivity index (χ4v) is 7.50. The molecule has 0 heterocycles. The number of ether oxygens (including phenoxy) is 2. The van der Waals surface area contributed by atoms with Gasteiger partial charge in [-0.3, -0.25) is 0 Å². The van der Waals surface area contributed by atoms with Gasteiger partial charge in [0.25, 0.3) is 0 Å². The molecule has 5 heteroatoms. The number of aryl methyl sites for hydroxylation is 12.